The van der Waals surface area contributed by atoms with E-state index in [1.807, 2.05) is 48.6 Å². The summed E-state index contributed by atoms with van der Waals surface area (Å²) < 4.78 is 1.87. The number of nitrogens with one attached hydrogen (secondary N) is 2. The Labute approximate surface area is 166 Å². The highest BCUT2D eigenvalue weighted by Gasteiger charge is 2.09. The summed E-state index contributed by atoms with van der Waals surface area (Å²) in [6.45, 7) is 0. The van der Waals surface area contributed by atoms with Gasteiger partial charge in [-0.05, 0) is 92.6 Å². The molecule has 0 spiro atoms. The summed E-state index contributed by atoms with van der Waals surface area (Å²) in [5.74, 6) is 0. The molecule has 3 aromatic rings. The fraction of sp³-hybridized carbons (Fsp3) is 0. The number of fused-ring (bicyclic) bond motifs is 8. The summed E-state index contributed by atoms with van der Waals surface area (Å²) in [5.41, 5.74) is 7.54. The van der Waals surface area contributed by atoms with Gasteiger partial charge in [-0.1, -0.05) is 0 Å². The number of aromatic nitrogens is 4. The predicted octanol–water partition coefficient (Wildman–Crippen LogP) is 6.18. The molecule has 8 bridgehead atoms. The predicted molar refractivity (Wildman–Crippen MR) is 114 cm³/mol. The van der Waals surface area contributed by atoms with Crippen LogP contribution in [0.3, 0.4) is 0 Å². The van der Waals surface area contributed by atoms with Crippen LogP contribution in [0.4, 0.5) is 0 Å². The van der Waals surface area contributed by atoms with Gasteiger partial charge >= 0.3 is 0 Å². The fourth-order valence-corrected chi connectivity index (χ4v) is 3.91. The van der Waals surface area contributed by atoms with Crippen LogP contribution in [0, 0.1) is 0 Å². The molecule has 0 saturated heterocycles. The molecule has 0 amide bonds. The highest BCUT2D eigenvalue weighted by Crippen LogP contribution is 2.27. The minimum absolute atomic E-state index is 0.870. The Balaban J connectivity index is 1.91. The summed E-state index contributed by atoms with van der Waals surface area (Å²) in [6.07, 6.45) is 7.99. The third kappa shape index (κ3) is 2.75. The molecule has 4 nitrogen and oxygen atoms in total. The molecule has 0 aliphatic carbocycles. The first kappa shape index (κ1) is 15.8. The average Bonchev–Trinajstić information content (AvgIpc) is 3.41. The monoisotopic (exact) mass is 466 g/mol. The Morgan fingerprint density at radius 3 is 1.62 bits per heavy atom. The molecule has 2 aliphatic rings. The van der Waals surface area contributed by atoms with Crippen LogP contribution in [0.2, 0.25) is 0 Å². The first-order valence-electron chi connectivity index (χ1n) is 8.07. The van der Waals surface area contributed by atoms with Gasteiger partial charge in [0, 0.05) is 11.0 Å². The number of H-pyrrole nitrogens is 2. The van der Waals surface area contributed by atoms with E-state index in [-0.39, 0.29) is 0 Å². The minimum Gasteiger partial charge on any atom is -0.354 e. The Hall–Kier alpha value is -2.44. The molecule has 126 valence electrons. The second-order valence-electron chi connectivity index (χ2n) is 6.08. The van der Waals surface area contributed by atoms with Gasteiger partial charge in [-0.25, -0.2) is 9.97 Å². The van der Waals surface area contributed by atoms with E-state index in [0.717, 1.165) is 53.8 Å². The third-order valence-corrected chi connectivity index (χ3v) is 5.94. The lowest BCUT2D eigenvalue weighted by Gasteiger charge is -1.92. The molecule has 0 saturated carbocycles. The van der Waals surface area contributed by atoms with E-state index in [1.165, 1.54) is 0 Å². The largest absolute Gasteiger partial charge is 0.354 e. The molecule has 0 fully saturated rings. The molecule has 0 radical (unpaired) electrons. The van der Waals surface area contributed by atoms with E-state index in [2.05, 4.69) is 63.9 Å². The van der Waals surface area contributed by atoms with Crippen molar-refractivity contribution in [1.82, 2.24) is 19.9 Å². The van der Waals surface area contributed by atoms with Crippen LogP contribution in [0.25, 0.3) is 46.4 Å². The van der Waals surface area contributed by atoms with Gasteiger partial charge < -0.3 is 9.97 Å². The number of nitrogens with zero attached hydrogens (tertiary/aromatic N) is 2. The van der Waals surface area contributed by atoms with Gasteiger partial charge in [0.05, 0.1) is 42.8 Å². The van der Waals surface area contributed by atoms with Crippen LogP contribution >= 0.6 is 31.9 Å². The van der Waals surface area contributed by atoms with Crippen molar-refractivity contribution in [2.24, 2.45) is 0 Å². The Kier molecular flexibility index (Phi) is 3.69. The number of aromatic amines is 2. The molecule has 0 aromatic carbocycles. The zero-order valence-electron chi connectivity index (χ0n) is 13.4. The summed E-state index contributed by atoms with van der Waals surface area (Å²) in [6, 6.07) is 12.2. The Morgan fingerprint density at radius 1 is 0.615 bits per heavy atom. The van der Waals surface area contributed by atoms with Crippen LogP contribution in [-0.4, -0.2) is 19.9 Å². The Bertz CT molecular complexity index is 1170. The number of halogens is 2. The minimum atomic E-state index is 0.870. The van der Waals surface area contributed by atoms with Gasteiger partial charge in [0.2, 0.25) is 0 Å². The van der Waals surface area contributed by atoms with E-state index in [9.17, 15) is 0 Å². The molecule has 2 N–H and O–H groups in total. The van der Waals surface area contributed by atoms with Crippen LogP contribution < -0.4 is 0 Å². The summed E-state index contributed by atoms with van der Waals surface area (Å²) in [7, 11) is 0. The molecular formula is C20H12Br2N4. The Morgan fingerprint density at radius 2 is 1.12 bits per heavy atom. The zero-order chi connectivity index (χ0) is 17.7. The highest BCUT2D eigenvalue weighted by atomic mass is 79.9. The van der Waals surface area contributed by atoms with Crippen LogP contribution in [0.15, 0.2) is 45.3 Å². The van der Waals surface area contributed by atoms with Gasteiger partial charge in [-0.3, -0.25) is 0 Å². The summed E-state index contributed by atoms with van der Waals surface area (Å²) in [5, 5.41) is 0. The molecule has 6 heteroatoms. The van der Waals surface area contributed by atoms with E-state index >= 15 is 0 Å². The highest BCUT2D eigenvalue weighted by molar-refractivity contribution is 9.11. The molecule has 5 rings (SSSR count). The maximum atomic E-state index is 4.68. The second-order valence-corrected chi connectivity index (χ2v) is 7.67. The van der Waals surface area contributed by atoms with Crippen molar-refractivity contribution < 1.29 is 0 Å². The normalized spacial score (nSPS) is 12.7. The van der Waals surface area contributed by atoms with Crippen LogP contribution in [-0.2, 0) is 0 Å². The van der Waals surface area contributed by atoms with Crippen molar-refractivity contribution in [2.45, 2.75) is 0 Å². The van der Waals surface area contributed by atoms with Crippen molar-refractivity contribution in [3.63, 3.8) is 0 Å². The van der Waals surface area contributed by atoms with Crippen molar-refractivity contribution in [1.29, 1.82) is 0 Å². The standard InChI is InChI=1S/C20H12Br2N4/c21-19-15-5-1-11(23-15)9-12-2-6-17(24-12)20(22)18-8-4-14(26-18)10-13-3-7-16(19)25-13/h1-10,23,25H. The number of hydrogen-bond acceptors (Lipinski definition) is 2. The van der Waals surface area contributed by atoms with Gasteiger partial charge in [0.25, 0.3) is 0 Å². The molecule has 0 unspecified atom stereocenters. The third-order valence-electron chi connectivity index (χ3n) is 4.27. The van der Waals surface area contributed by atoms with Crippen LogP contribution in [0.5, 0.6) is 0 Å². The lowest BCUT2D eigenvalue weighted by molar-refractivity contribution is 1.25. The maximum absolute atomic E-state index is 4.68. The van der Waals surface area contributed by atoms with Gasteiger partial charge in [0.15, 0.2) is 0 Å². The fourth-order valence-electron chi connectivity index (χ4n) is 3.00. The van der Waals surface area contributed by atoms with Crippen molar-refractivity contribution in [3.8, 4) is 0 Å². The second kappa shape index (κ2) is 6.07. The quantitative estimate of drug-likeness (QED) is 0.285. The lowest BCUT2D eigenvalue weighted by atomic mass is 10.3. The number of hydrogen-bond donors (Lipinski definition) is 2. The van der Waals surface area contributed by atoms with Crippen molar-refractivity contribution >= 4 is 78.2 Å². The summed E-state index contributed by atoms with van der Waals surface area (Å²) >= 11 is 7.33. The van der Waals surface area contributed by atoms with Gasteiger partial charge in [-0.15, -0.1) is 0 Å². The molecule has 5 heterocycles. The molecule has 3 aromatic heterocycles. The van der Waals surface area contributed by atoms with Gasteiger partial charge in [0.1, 0.15) is 0 Å². The van der Waals surface area contributed by atoms with E-state index in [4.69, 9.17) is 0 Å². The first-order chi connectivity index (χ1) is 12.7. The molecule has 26 heavy (non-hydrogen) atoms. The van der Waals surface area contributed by atoms with E-state index < -0.39 is 0 Å². The smallest absolute Gasteiger partial charge is 0.0801 e. The van der Waals surface area contributed by atoms with Gasteiger partial charge in [-0.2, -0.15) is 0 Å². The summed E-state index contributed by atoms with van der Waals surface area (Å²) in [4.78, 5) is 16.2. The average molecular weight is 468 g/mol. The van der Waals surface area contributed by atoms with E-state index in [1.54, 1.807) is 0 Å². The maximum Gasteiger partial charge on any atom is 0.0801 e. The molecule has 2 aliphatic heterocycles. The zero-order valence-corrected chi connectivity index (χ0v) is 16.6. The number of rotatable bonds is 0. The first-order valence-corrected chi connectivity index (χ1v) is 9.66. The molecular weight excluding hydrogens is 456 g/mol. The topological polar surface area (TPSA) is 57.4 Å². The SMILES string of the molecule is Brc1c2nc(cc3ccc([nH]3)c(Br)c3ccc(cc4nc1C=C4)[nH]3)C=C2. The molecule has 0 atom stereocenters. The van der Waals surface area contributed by atoms with Crippen LogP contribution in [0.1, 0.15) is 22.8 Å². The van der Waals surface area contributed by atoms with E-state index in [0.29, 0.717) is 0 Å². The van der Waals surface area contributed by atoms with Crippen molar-refractivity contribution in [3.05, 3.63) is 68.1 Å². The van der Waals surface area contributed by atoms with Crippen molar-refractivity contribution in [2.75, 3.05) is 0 Å². The lowest BCUT2D eigenvalue weighted by Crippen LogP contribution is -1.81.